The summed E-state index contributed by atoms with van der Waals surface area (Å²) in [6.45, 7) is 2.08. The second-order valence-corrected chi connectivity index (χ2v) is 6.48. The predicted octanol–water partition coefficient (Wildman–Crippen LogP) is 3.43. The highest BCUT2D eigenvalue weighted by Crippen LogP contribution is 2.33. The molecule has 2 nitrogen and oxygen atoms in total. The molecule has 0 radical (unpaired) electrons. The van der Waals surface area contributed by atoms with Gasteiger partial charge in [-0.3, -0.25) is 4.79 Å². The van der Waals surface area contributed by atoms with Gasteiger partial charge in [0.2, 0.25) is 0 Å². The molecule has 4 heteroatoms. The largest absolute Gasteiger partial charge is 0.350 e. The Labute approximate surface area is 102 Å². The number of halogens is 1. The zero-order chi connectivity index (χ0) is 10.8. The van der Waals surface area contributed by atoms with Gasteiger partial charge in [0.15, 0.2) is 0 Å². The Hall–Kier alpha value is -0.350. The van der Waals surface area contributed by atoms with E-state index in [0.717, 1.165) is 21.7 Å². The van der Waals surface area contributed by atoms with Gasteiger partial charge in [-0.2, -0.15) is 0 Å². The van der Waals surface area contributed by atoms with Crippen molar-refractivity contribution in [2.24, 2.45) is 5.92 Å². The van der Waals surface area contributed by atoms with Gasteiger partial charge in [0, 0.05) is 11.4 Å². The van der Waals surface area contributed by atoms with E-state index in [1.807, 2.05) is 11.4 Å². The maximum absolute atomic E-state index is 11.7. The molecule has 0 saturated heterocycles. The van der Waals surface area contributed by atoms with Crippen LogP contribution in [0.5, 0.6) is 0 Å². The molecule has 0 bridgehead atoms. The molecule has 1 saturated carbocycles. The minimum Gasteiger partial charge on any atom is -0.350 e. The summed E-state index contributed by atoms with van der Waals surface area (Å²) in [5.41, 5.74) is 0.759. The van der Waals surface area contributed by atoms with Gasteiger partial charge in [0.1, 0.15) is 0 Å². The monoisotopic (exact) mass is 287 g/mol. The summed E-state index contributed by atoms with van der Waals surface area (Å²) < 4.78 is 1.00. The molecule has 1 fully saturated rings. The number of hydrogen-bond acceptors (Lipinski definition) is 2. The molecule has 1 unspecified atom stereocenters. The second kappa shape index (κ2) is 4.66. The molecule has 1 heterocycles. The van der Waals surface area contributed by atoms with E-state index in [0.29, 0.717) is 6.04 Å². The molecule has 2 rings (SSSR count). The first-order valence-corrected chi connectivity index (χ1v) is 6.87. The van der Waals surface area contributed by atoms with Gasteiger partial charge in [-0.1, -0.05) is 12.8 Å². The van der Waals surface area contributed by atoms with E-state index in [-0.39, 0.29) is 5.91 Å². The van der Waals surface area contributed by atoms with E-state index in [4.69, 9.17) is 0 Å². The molecule has 1 aliphatic carbocycles. The molecule has 82 valence electrons. The molecular formula is C11H14BrNOS. The van der Waals surface area contributed by atoms with Crippen molar-refractivity contribution < 1.29 is 4.79 Å². The van der Waals surface area contributed by atoms with Crippen LogP contribution in [0.15, 0.2) is 15.2 Å². The van der Waals surface area contributed by atoms with Gasteiger partial charge in [0.05, 0.1) is 9.35 Å². The summed E-state index contributed by atoms with van der Waals surface area (Å²) in [7, 11) is 0. The highest BCUT2D eigenvalue weighted by Gasteiger charge is 2.24. The van der Waals surface area contributed by atoms with Crippen LogP contribution in [-0.2, 0) is 0 Å². The molecule has 1 N–H and O–H groups in total. The Morgan fingerprint density at radius 2 is 2.47 bits per heavy atom. The fourth-order valence-electron chi connectivity index (χ4n) is 1.65. The van der Waals surface area contributed by atoms with Crippen molar-refractivity contribution in [1.82, 2.24) is 5.32 Å². The molecule has 1 amide bonds. The number of rotatable bonds is 4. The Balaban J connectivity index is 1.85. The Bertz CT molecular complexity index is 359. The summed E-state index contributed by atoms with van der Waals surface area (Å²) in [5.74, 6) is 0.902. The fraction of sp³-hybridized carbons (Fsp3) is 0.545. The smallest absolute Gasteiger partial charge is 0.252 e. The first-order valence-electron chi connectivity index (χ1n) is 5.20. The highest BCUT2D eigenvalue weighted by molar-refractivity contribution is 9.11. The van der Waals surface area contributed by atoms with Crippen LogP contribution in [0.1, 0.15) is 36.5 Å². The average Bonchev–Trinajstić information content (AvgIpc) is 2.85. The first-order chi connectivity index (χ1) is 7.15. The van der Waals surface area contributed by atoms with Crippen LogP contribution in [0.4, 0.5) is 0 Å². The molecule has 0 aliphatic heterocycles. The average molecular weight is 288 g/mol. The van der Waals surface area contributed by atoms with E-state index in [1.54, 1.807) is 11.3 Å². The van der Waals surface area contributed by atoms with Crippen molar-refractivity contribution in [3.8, 4) is 0 Å². The van der Waals surface area contributed by atoms with Gasteiger partial charge in [-0.25, -0.2) is 0 Å². The van der Waals surface area contributed by atoms with Gasteiger partial charge in [-0.15, -0.1) is 11.3 Å². The van der Waals surface area contributed by atoms with Crippen LogP contribution in [-0.4, -0.2) is 11.9 Å². The fourth-order valence-corrected chi connectivity index (χ4v) is 2.79. The van der Waals surface area contributed by atoms with E-state index < -0.39 is 0 Å². The SMILES string of the molecule is CC(CC1CC1)NC(=O)c1csc(Br)c1. The molecular weight excluding hydrogens is 274 g/mol. The third-order valence-corrected chi connectivity index (χ3v) is 4.10. The quantitative estimate of drug-likeness (QED) is 0.903. The molecule has 1 aromatic rings. The molecule has 1 aliphatic rings. The summed E-state index contributed by atoms with van der Waals surface area (Å²) in [6, 6.07) is 2.16. The van der Waals surface area contributed by atoms with Crippen LogP contribution < -0.4 is 5.32 Å². The number of hydrogen-bond donors (Lipinski definition) is 1. The summed E-state index contributed by atoms with van der Waals surface area (Å²) in [5, 5.41) is 4.91. The van der Waals surface area contributed by atoms with E-state index in [1.165, 1.54) is 12.8 Å². The molecule has 1 aromatic heterocycles. The lowest BCUT2D eigenvalue weighted by molar-refractivity contribution is 0.0938. The number of carbonyl (C=O) groups is 1. The van der Waals surface area contributed by atoms with Crippen molar-refractivity contribution in [2.45, 2.75) is 32.2 Å². The van der Waals surface area contributed by atoms with Gasteiger partial charge < -0.3 is 5.32 Å². The summed E-state index contributed by atoms with van der Waals surface area (Å²) in [6.07, 6.45) is 3.80. The molecule has 0 spiro atoms. The number of thiophene rings is 1. The lowest BCUT2D eigenvalue weighted by atomic mass is 10.1. The van der Waals surface area contributed by atoms with Crippen LogP contribution in [0.25, 0.3) is 0 Å². The lowest BCUT2D eigenvalue weighted by Crippen LogP contribution is -2.32. The molecule has 15 heavy (non-hydrogen) atoms. The van der Waals surface area contributed by atoms with Crippen molar-refractivity contribution in [1.29, 1.82) is 0 Å². The number of amides is 1. The summed E-state index contributed by atoms with van der Waals surface area (Å²) in [4.78, 5) is 11.7. The zero-order valence-electron chi connectivity index (χ0n) is 8.63. The van der Waals surface area contributed by atoms with Crippen LogP contribution >= 0.6 is 27.3 Å². The van der Waals surface area contributed by atoms with Crippen molar-refractivity contribution in [2.75, 3.05) is 0 Å². The standard InChI is InChI=1S/C11H14BrNOS/c1-7(4-8-2-3-8)13-11(14)9-5-10(12)15-6-9/h5-8H,2-4H2,1H3,(H,13,14). The van der Waals surface area contributed by atoms with E-state index >= 15 is 0 Å². The Kier molecular flexibility index (Phi) is 3.46. The number of nitrogens with one attached hydrogen (secondary N) is 1. The predicted molar refractivity (Wildman–Crippen MR) is 66.3 cm³/mol. The van der Waals surface area contributed by atoms with Crippen molar-refractivity contribution in [3.63, 3.8) is 0 Å². The maximum Gasteiger partial charge on any atom is 0.252 e. The maximum atomic E-state index is 11.7. The van der Waals surface area contributed by atoms with E-state index in [9.17, 15) is 4.79 Å². The minimum absolute atomic E-state index is 0.0464. The van der Waals surface area contributed by atoms with Crippen molar-refractivity contribution in [3.05, 3.63) is 20.8 Å². The normalized spacial score (nSPS) is 17.5. The Morgan fingerprint density at radius 3 is 3.00 bits per heavy atom. The van der Waals surface area contributed by atoms with Gasteiger partial charge >= 0.3 is 0 Å². The van der Waals surface area contributed by atoms with Gasteiger partial charge in [0.25, 0.3) is 5.91 Å². The zero-order valence-corrected chi connectivity index (χ0v) is 11.0. The topological polar surface area (TPSA) is 29.1 Å². The molecule has 1 atom stereocenters. The highest BCUT2D eigenvalue weighted by atomic mass is 79.9. The minimum atomic E-state index is 0.0464. The van der Waals surface area contributed by atoms with Crippen LogP contribution in [0.2, 0.25) is 0 Å². The molecule has 0 aromatic carbocycles. The van der Waals surface area contributed by atoms with Crippen molar-refractivity contribution >= 4 is 33.2 Å². The second-order valence-electron chi connectivity index (χ2n) is 4.19. The Morgan fingerprint density at radius 1 is 1.73 bits per heavy atom. The summed E-state index contributed by atoms with van der Waals surface area (Å²) >= 11 is 4.90. The van der Waals surface area contributed by atoms with Crippen LogP contribution in [0.3, 0.4) is 0 Å². The number of carbonyl (C=O) groups excluding carboxylic acids is 1. The third kappa shape index (κ3) is 3.31. The van der Waals surface area contributed by atoms with Gasteiger partial charge in [-0.05, 0) is 41.3 Å². The third-order valence-electron chi connectivity index (χ3n) is 2.59. The first kappa shape index (κ1) is 11.1. The lowest BCUT2D eigenvalue weighted by Gasteiger charge is -2.12. The van der Waals surface area contributed by atoms with Crippen LogP contribution in [0, 0.1) is 5.92 Å². The van der Waals surface area contributed by atoms with E-state index in [2.05, 4.69) is 28.2 Å².